The van der Waals surface area contributed by atoms with E-state index in [0.29, 0.717) is 26.1 Å². The van der Waals surface area contributed by atoms with E-state index < -0.39 is 5.60 Å². The van der Waals surface area contributed by atoms with Gasteiger partial charge in [-0.3, -0.25) is 4.79 Å². The lowest BCUT2D eigenvalue weighted by atomic mass is 10.0. The van der Waals surface area contributed by atoms with Crippen molar-refractivity contribution in [1.29, 1.82) is 0 Å². The van der Waals surface area contributed by atoms with Gasteiger partial charge in [0.1, 0.15) is 5.82 Å². The Kier molecular flexibility index (Phi) is 4.40. The van der Waals surface area contributed by atoms with Crippen molar-refractivity contribution in [2.24, 2.45) is 0 Å². The third-order valence-electron chi connectivity index (χ3n) is 3.56. The van der Waals surface area contributed by atoms with Gasteiger partial charge in [-0.25, -0.2) is 4.39 Å². The Labute approximate surface area is 118 Å². The van der Waals surface area contributed by atoms with E-state index in [1.54, 1.807) is 17.0 Å². The molecule has 1 aliphatic heterocycles. The smallest absolute Gasteiger partial charge is 0.227 e. The molecule has 1 fully saturated rings. The van der Waals surface area contributed by atoms with Gasteiger partial charge in [-0.15, -0.1) is 0 Å². The van der Waals surface area contributed by atoms with Crippen molar-refractivity contribution in [2.45, 2.75) is 18.4 Å². The summed E-state index contributed by atoms with van der Waals surface area (Å²) in [5, 5.41) is 10.4. The Bertz CT molecular complexity index is 475. The Morgan fingerprint density at radius 2 is 2.05 bits per heavy atom. The number of rotatable bonds is 4. The maximum absolute atomic E-state index is 12.8. The van der Waals surface area contributed by atoms with Gasteiger partial charge in [0.05, 0.1) is 18.6 Å². The normalized spacial score (nSPS) is 22.6. The van der Waals surface area contributed by atoms with E-state index in [1.165, 1.54) is 12.1 Å². The van der Waals surface area contributed by atoms with Crippen LogP contribution in [0, 0.1) is 5.82 Å². The second-order valence-electron chi connectivity index (χ2n) is 5.83. The monoisotopic (exact) mass is 280 g/mol. The molecule has 2 rings (SSSR count). The molecule has 4 nitrogen and oxygen atoms in total. The van der Waals surface area contributed by atoms with Crippen LogP contribution in [-0.4, -0.2) is 60.1 Å². The van der Waals surface area contributed by atoms with Crippen molar-refractivity contribution in [2.75, 3.05) is 33.7 Å². The molecule has 0 unspecified atom stereocenters. The van der Waals surface area contributed by atoms with Crippen LogP contribution in [-0.2, 0) is 11.2 Å². The summed E-state index contributed by atoms with van der Waals surface area (Å²) in [7, 11) is 3.81. The van der Waals surface area contributed by atoms with E-state index in [0.717, 1.165) is 5.56 Å². The largest absolute Gasteiger partial charge is 0.387 e. The number of benzene rings is 1. The number of β-amino-alcohol motifs (C(OH)–C–C–N with tert-alkyl or cyclic N) is 1. The van der Waals surface area contributed by atoms with Gasteiger partial charge >= 0.3 is 0 Å². The molecule has 0 saturated carbocycles. The average molecular weight is 280 g/mol. The fourth-order valence-corrected chi connectivity index (χ4v) is 2.68. The zero-order valence-corrected chi connectivity index (χ0v) is 12.0. The highest BCUT2D eigenvalue weighted by Gasteiger charge is 2.38. The number of hydrogen-bond donors (Lipinski definition) is 1. The van der Waals surface area contributed by atoms with E-state index in [9.17, 15) is 14.3 Å². The fourth-order valence-electron chi connectivity index (χ4n) is 2.68. The topological polar surface area (TPSA) is 43.8 Å². The molecule has 0 spiro atoms. The molecule has 0 aliphatic carbocycles. The summed E-state index contributed by atoms with van der Waals surface area (Å²) in [6, 6.07) is 5.95. The minimum absolute atomic E-state index is 0.0220. The summed E-state index contributed by atoms with van der Waals surface area (Å²) in [5.74, 6) is -0.325. The van der Waals surface area contributed by atoms with Crippen molar-refractivity contribution >= 4 is 5.91 Å². The van der Waals surface area contributed by atoms with E-state index in [2.05, 4.69) is 0 Å². The van der Waals surface area contributed by atoms with E-state index >= 15 is 0 Å². The number of carbonyl (C=O) groups excluding carboxylic acids is 1. The molecule has 0 bridgehead atoms. The SMILES string of the molecule is CN(C)C[C@@]1(O)CCN(C(=O)Cc2ccc(F)cc2)C1. The maximum atomic E-state index is 12.8. The van der Waals surface area contributed by atoms with Gasteiger partial charge in [0, 0.05) is 13.1 Å². The third kappa shape index (κ3) is 3.77. The number of aliphatic hydroxyl groups is 1. The summed E-state index contributed by atoms with van der Waals surface area (Å²) in [4.78, 5) is 15.8. The fraction of sp³-hybridized carbons (Fsp3) is 0.533. The highest BCUT2D eigenvalue weighted by Crippen LogP contribution is 2.22. The quantitative estimate of drug-likeness (QED) is 0.891. The molecule has 1 aromatic carbocycles. The molecule has 5 heteroatoms. The van der Waals surface area contributed by atoms with E-state index in [1.807, 2.05) is 19.0 Å². The summed E-state index contributed by atoms with van der Waals surface area (Å²) in [6.45, 7) is 1.49. The lowest BCUT2D eigenvalue weighted by Gasteiger charge is -2.26. The molecule has 110 valence electrons. The first-order valence-corrected chi connectivity index (χ1v) is 6.77. The second-order valence-corrected chi connectivity index (χ2v) is 5.83. The molecule has 1 amide bonds. The molecule has 0 aromatic heterocycles. The summed E-state index contributed by atoms with van der Waals surface area (Å²) in [5.41, 5.74) is -0.0263. The molecule has 1 atom stereocenters. The predicted molar refractivity (Wildman–Crippen MR) is 74.8 cm³/mol. The van der Waals surface area contributed by atoms with Crippen LogP contribution in [0.5, 0.6) is 0 Å². The molecular formula is C15H21FN2O2. The average Bonchev–Trinajstić information content (AvgIpc) is 2.73. The van der Waals surface area contributed by atoms with E-state index in [4.69, 9.17) is 0 Å². The van der Waals surface area contributed by atoms with Crippen LogP contribution in [0.15, 0.2) is 24.3 Å². The first kappa shape index (κ1) is 14.9. The standard InChI is InChI=1S/C15H21FN2O2/c1-17(2)10-15(20)7-8-18(11-15)14(19)9-12-3-5-13(16)6-4-12/h3-6,20H,7-11H2,1-2H3/t15-/m0/s1. The highest BCUT2D eigenvalue weighted by molar-refractivity contribution is 5.79. The minimum atomic E-state index is -0.818. The molecule has 0 radical (unpaired) electrons. The Hall–Kier alpha value is -1.46. The van der Waals surface area contributed by atoms with Crippen molar-refractivity contribution < 1.29 is 14.3 Å². The molecule has 1 aliphatic rings. The second kappa shape index (κ2) is 5.89. The summed E-state index contributed by atoms with van der Waals surface area (Å²) in [6.07, 6.45) is 0.846. The van der Waals surface area contributed by atoms with Gasteiger partial charge < -0.3 is 14.9 Å². The molecule has 20 heavy (non-hydrogen) atoms. The van der Waals surface area contributed by atoms with Gasteiger partial charge in [0.2, 0.25) is 5.91 Å². The van der Waals surface area contributed by atoms with Crippen molar-refractivity contribution in [1.82, 2.24) is 9.80 Å². The van der Waals surface area contributed by atoms with Crippen LogP contribution in [0.3, 0.4) is 0 Å². The lowest BCUT2D eigenvalue weighted by molar-refractivity contribution is -0.130. The Morgan fingerprint density at radius 3 is 2.65 bits per heavy atom. The number of likely N-dealkylation sites (tertiary alicyclic amines) is 1. The number of carbonyl (C=O) groups is 1. The Morgan fingerprint density at radius 1 is 1.40 bits per heavy atom. The van der Waals surface area contributed by atoms with Crippen molar-refractivity contribution in [3.8, 4) is 0 Å². The summed E-state index contributed by atoms with van der Waals surface area (Å²) >= 11 is 0. The zero-order valence-electron chi connectivity index (χ0n) is 12.0. The molecule has 1 N–H and O–H groups in total. The number of likely N-dealkylation sites (N-methyl/N-ethyl adjacent to an activating group) is 1. The molecular weight excluding hydrogens is 259 g/mol. The first-order valence-electron chi connectivity index (χ1n) is 6.77. The Balaban J connectivity index is 1.93. The third-order valence-corrected chi connectivity index (χ3v) is 3.56. The van der Waals surface area contributed by atoms with Crippen LogP contribution < -0.4 is 0 Å². The molecule has 1 saturated heterocycles. The van der Waals surface area contributed by atoms with Crippen LogP contribution >= 0.6 is 0 Å². The lowest BCUT2D eigenvalue weighted by Crippen LogP contribution is -2.43. The van der Waals surface area contributed by atoms with Gasteiger partial charge in [-0.1, -0.05) is 12.1 Å². The molecule has 1 aromatic rings. The number of nitrogens with zero attached hydrogens (tertiary/aromatic N) is 2. The number of halogens is 1. The predicted octanol–water partition coefficient (Wildman–Crippen LogP) is 0.893. The van der Waals surface area contributed by atoms with Crippen molar-refractivity contribution in [3.63, 3.8) is 0 Å². The zero-order chi connectivity index (χ0) is 14.8. The van der Waals surface area contributed by atoms with Crippen LogP contribution in [0.25, 0.3) is 0 Å². The molecule has 1 heterocycles. The van der Waals surface area contributed by atoms with Gasteiger partial charge in [0.15, 0.2) is 0 Å². The van der Waals surface area contributed by atoms with Gasteiger partial charge in [-0.05, 0) is 38.2 Å². The summed E-state index contributed by atoms with van der Waals surface area (Å²) < 4.78 is 12.8. The van der Waals surface area contributed by atoms with Crippen molar-refractivity contribution in [3.05, 3.63) is 35.6 Å². The first-order chi connectivity index (χ1) is 9.38. The maximum Gasteiger partial charge on any atom is 0.227 e. The van der Waals surface area contributed by atoms with Crippen LogP contribution in [0.2, 0.25) is 0 Å². The van der Waals surface area contributed by atoms with Crippen LogP contribution in [0.4, 0.5) is 4.39 Å². The highest BCUT2D eigenvalue weighted by atomic mass is 19.1. The minimum Gasteiger partial charge on any atom is -0.387 e. The van der Waals surface area contributed by atoms with Gasteiger partial charge in [-0.2, -0.15) is 0 Å². The van der Waals surface area contributed by atoms with Crippen LogP contribution in [0.1, 0.15) is 12.0 Å². The number of hydrogen-bond acceptors (Lipinski definition) is 3. The van der Waals surface area contributed by atoms with Gasteiger partial charge in [0.25, 0.3) is 0 Å². The number of amides is 1. The van der Waals surface area contributed by atoms with E-state index in [-0.39, 0.29) is 18.1 Å².